The van der Waals surface area contributed by atoms with E-state index < -0.39 is 0 Å². The smallest absolute Gasteiger partial charge is 0.137 e. The quantitative estimate of drug-likeness (QED) is 0.447. The molecular weight excluding hydrogens is 384 g/mol. The molecule has 31 heavy (non-hydrogen) atoms. The molecule has 0 bridgehead atoms. The Morgan fingerprint density at radius 3 is 2.55 bits per heavy atom. The van der Waals surface area contributed by atoms with E-state index in [1.165, 1.54) is 24.0 Å². The zero-order valence-electron chi connectivity index (χ0n) is 20.5. The molecule has 0 unspecified atom stereocenters. The standard InChI is InChI=1S/C28H42O3/c1-18(2)8-7-9-20(4)27-26(30)17-24-23(25(29)14-15-28(24,27)5)13-11-21-16-22(31-6)12-10-19(21)3/h10,12,16,18,20,23-24,27H,7-9,11,13-15,17H2,1-6H3/t20-,23+,24+,27+,28+/m1/s1. The Balaban J connectivity index is 1.74. The summed E-state index contributed by atoms with van der Waals surface area (Å²) in [6.45, 7) is 11.3. The summed E-state index contributed by atoms with van der Waals surface area (Å²) in [5, 5.41) is 0. The van der Waals surface area contributed by atoms with E-state index in [0.717, 1.165) is 31.4 Å². The number of methoxy groups -OCH3 is 1. The van der Waals surface area contributed by atoms with Crippen LogP contribution in [0.5, 0.6) is 5.75 Å². The molecule has 3 nitrogen and oxygen atoms in total. The van der Waals surface area contributed by atoms with Gasteiger partial charge in [0.25, 0.3) is 0 Å². The van der Waals surface area contributed by atoms with Gasteiger partial charge in [0.1, 0.15) is 17.3 Å². The summed E-state index contributed by atoms with van der Waals surface area (Å²) in [6, 6.07) is 6.18. The number of rotatable bonds is 9. The molecule has 0 radical (unpaired) electrons. The molecule has 3 heteroatoms. The largest absolute Gasteiger partial charge is 0.497 e. The molecule has 0 N–H and O–H groups in total. The van der Waals surface area contributed by atoms with Crippen LogP contribution in [0.15, 0.2) is 18.2 Å². The van der Waals surface area contributed by atoms with Crippen molar-refractivity contribution in [2.75, 3.05) is 7.11 Å². The number of ketones is 2. The Morgan fingerprint density at radius 2 is 1.87 bits per heavy atom. The van der Waals surface area contributed by atoms with Gasteiger partial charge in [0.15, 0.2) is 0 Å². The van der Waals surface area contributed by atoms with Crippen molar-refractivity contribution in [3.05, 3.63) is 29.3 Å². The van der Waals surface area contributed by atoms with Crippen molar-refractivity contribution in [3.8, 4) is 5.75 Å². The molecule has 0 saturated heterocycles. The highest BCUT2D eigenvalue weighted by molar-refractivity contribution is 5.89. The maximum atomic E-state index is 13.2. The Kier molecular flexibility index (Phi) is 7.65. The summed E-state index contributed by atoms with van der Waals surface area (Å²) >= 11 is 0. The minimum absolute atomic E-state index is 0.0150. The molecule has 2 fully saturated rings. The third-order valence-electron chi connectivity index (χ3n) is 8.43. The lowest BCUT2D eigenvalue weighted by Crippen LogP contribution is -2.43. The maximum absolute atomic E-state index is 13.2. The van der Waals surface area contributed by atoms with Gasteiger partial charge in [-0.25, -0.2) is 0 Å². The van der Waals surface area contributed by atoms with Crippen molar-refractivity contribution in [1.82, 2.24) is 0 Å². The van der Waals surface area contributed by atoms with E-state index >= 15 is 0 Å². The molecule has 1 aromatic carbocycles. The van der Waals surface area contributed by atoms with Crippen LogP contribution in [-0.2, 0) is 16.0 Å². The number of carbonyl (C=O) groups excluding carboxylic acids is 2. The lowest BCUT2D eigenvalue weighted by Gasteiger charge is -2.45. The van der Waals surface area contributed by atoms with Crippen LogP contribution in [-0.4, -0.2) is 18.7 Å². The van der Waals surface area contributed by atoms with Gasteiger partial charge >= 0.3 is 0 Å². The van der Waals surface area contributed by atoms with Crippen molar-refractivity contribution in [1.29, 1.82) is 0 Å². The number of benzene rings is 1. The zero-order valence-corrected chi connectivity index (χ0v) is 20.5. The molecule has 5 atom stereocenters. The third-order valence-corrected chi connectivity index (χ3v) is 8.43. The fourth-order valence-electron chi connectivity index (χ4n) is 6.62. The van der Waals surface area contributed by atoms with Crippen LogP contribution in [0.4, 0.5) is 0 Å². The van der Waals surface area contributed by atoms with Crippen LogP contribution >= 0.6 is 0 Å². The van der Waals surface area contributed by atoms with Crippen LogP contribution in [0.3, 0.4) is 0 Å². The summed E-state index contributed by atoms with van der Waals surface area (Å²) in [5.41, 5.74) is 2.48. The summed E-state index contributed by atoms with van der Waals surface area (Å²) in [4.78, 5) is 26.2. The van der Waals surface area contributed by atoms with Crippen molar-refractivity contribution in [3.63, 3.8) is 0 Å². The average molecular weight is 427 g/mol. The number of fused-ring (bicyclic) bond motifs is 1. The van der Waals surface area contributed by atoms with Gasteiger partial charge in [-0.3, -0.25) is 9.59 Å². The minimum atomic E-state index is -0.0175. The van der Waals surface area contributed by atoms with E-state index in [0.29, 0.717) is 36.2 Å². The maximum Gasteiger partial charge on any atom is 0.137 e. The Hall–Kier alpha value is -1.64. The second-order valence-corrected chi connectivity index (χ2v) is 11.0. The van der Waals surface area contributed by atoms with E-state index in [2.05, 4.69) is 46.8 Å². The zero-order chi connectivity index (χ0) is 22.8. The molecular formula is C28H42O3. The number of ether oxygens (including phenoxy) is 1. The average Bonchev–Trinajstić information content (AvgIpc) is 2.98. The summed E-state index contributed by atoms with van der Waals surface area (Å²) in [5.74, 6) is 3.14. The number of hydrogen-bond acceptors (Lipinski definition) is 3. The minimum Gasteiger partial charge on any atom is -0.497 e. The molecule has 0 spiro atoms. The first-order valence-corrected chi connectivity index (χ1v) is 12.4. The predicted octanol–water partition coefficient (Wildman–Crippen LogP) is 6.59. The summed E-state index contributed by atoms with van der Waals surface area (Å²) < 4.78 is 5.40. The number of carbonyl (C=O) groups is 2. The van der Waals surface area contributed by atoms with Gasteiger partial charge in [0.2, 0.25) is 0 Å². The van der Waals surface area contributed by atoms with E-state index in [-0.39, 0.29) is 23.2 Å². The molecule has 2 aliphatic rings. The second-order valence-electron chi connectivity index (χ2n) is 11.0. The summed E-state index contributed by atoms with van der Waals surface area (Å²) in [7, 11) is 1.69. The van der Waals surface area contributed by atoms with Crippen LogP contribution < -0.4 is 4.74 Å². The fourth-order valence-corrected chi connectivity index (χ4v) is 6.62. The van der Waals surface area contributed by atoms with Gasteiger partial charge in [-0.1, -0.05) is 46.6 Å². The van der Waals surface area contributed by atoms with Gasteiger partial charge in [0, 0.05) is 24.7 Å². The van der Waals surface area contributed by atoms with Crippen molar-refractivity contribution >= 4 is 11.6 Å². The number of Topliss-reactive ketones (excluding diaryl/α,β-unsaturated/α-hetero) is 2. The van der Waals surface area contributed by atoms with Crippen LogP contribution in [0, 0.1) is 41.9 Å². The molecule has 1 aromatic rings. The normalized spacial score (nSPS) is 29.3. The summed E-state index contributed by atoms with van der Waals surface area (Å²) in [6.07, 6.45) is 7.38. The predicted molar refractivity (Wildman–Crippen MR) is 126 cm³/mol. The topological polar surface area (TPSA) is 43.4 Å². The molecule has 2 saturated carbocycles. The van der Waals surface area contributed by atoms with Gasteiger partial charge in [-0.2, -0.15) is 0 Å². The fraction of sp³-hybridized carbons (Fsp3) is 0.714. The van der Waals surface area contributed by atoms with Gasteiger partial charge in [-0.05, 0) is 79.0 Å². The molecule has 0 heterocycles. The number of aryl methyl sites for hydroxylation is 2. The first kappa shape index (κ1) is 24.0. The van der Waals surface area contributed by atoms with Gasteiger partial charge in [0.05, 0.1) is 7.11 Å². The van der Waals surface area contributed by atoms with Crippen LogP contribution in [0.1, 0.15) is 83.8 Å². The lowest BCUT2D eigenvalue weighted by molar-refractivity contribution is -0.133. The third kappa shape index (κ3) is 5.07. The molecule has 0 aliphatic heterocycles. The van der Waals surface area contributed by atoms with Gasteiger partial charge in [-0.15, -0.1) is 0 Å². The van der Waals surface area contributed by atoms with Crippen LogP contribution in [0.25, 0.3) is 0 Å². The van der Waals surface area contributed by atoms with Crippen molar-refractivity contribution < 1.29 is 14.3 Å². The highest BCUT2D eigenvalue weighted by atomic mass is 16.5. The second kappa shape index (κ2) is 9.88. The Labute approximate surface area is 189 Å². The van der Waals surface area contributed by atoms with E-state index in [9.17, 15) is 9.59 Å². The highest BCUT2D eigenvalue weighted by Crippen LogP contribution is 2.58. The van der Waals surface area contributed by atoms with Gasteiger partial charge < -0.3 is 4.74 Å². The Morgan fingerprint density at radius 1 is 1.13 bits per heavy atom. The monoisotopic (exact) mass is 426 g/mol. The first-order chi connectivity index (χ1) is 14.7. The molecule has 2 aliphatic carbocycles. The molecule has 3 rings (SSSR count). The lowest BCUT2D eigenvalue weighted by atomic mass is 9.58. The van der Waals surface area contributed by atoms with Crippen molar-refractivity contribution in [2.45, 2.75) is 86.0 Å². The van der Waals surface area contributed by atoms with E-state index in [1.54, 1.807) is 7.11 Å². The van der Waals surface area contributed by atoms with Crippen molar-refractivity contribution in [2.24, 2.45) is 35.0 Å². The molecule has 0 amide bonds. The Bertz CT molecular complexity index is 795. The van der Waals surface area contributed by atoms with Crippen LogP contribution in [0.2, 0.25) is 0 Å². The SMILES string of the molecule is COc1ccc(C)c(CC[C@@H]2C(=O)CC[C@]3(C)[C@@H]([C@H](C)CCCC(C)C)C(=O)C[C@@H]23)c1. The highest BCUT2D eigenvalue weighted by Gasteiger charge is 2.58. The first-order valence-electron chi connectivity index (χ1n) is 12.4. The number of hydrogen-bond donors (Lipinski definition) is 0. The van der Waals surface area contributed by atoms with E-state index in [1.807, 2.05) is 6.07 Å². The molecule has 172 valence electrons. The molecule has 0 aromatic heterocycles. The van der Waals surface area contributed by atoms with E-state index in [4.69, 9.17) is 4.74 Å².